The second-order valence-corrected chi connectivity index (χ2v) is 42.5. The number of hydrogen-bond donors (Lipinski definition) is 9. The molecule has 9 N–H and O–H groups in total. The maximum Gasteiger partial charge on any atom is 0.264 e. The van der Waals surface area contributed by atoms with Crippen LogP contribution in [0.2, 0.25) is 0 Å². The van der Waals surface area contributed by atoms with E-state index >= 15 is 0 Å². The van der Waals surface area contributed by atoms with Crippen LogP contribution in [0.1, 0.15) is 241 Å². The second kappa shape index (κ2) is 61.1. The van der Waals surface area contributed by atoms with Crippen LogP contribution < -0.4 is 62.7 Å². The molecule has 768 valence electrons. The number of ketones is 2. The molecule has 0 aliphatic carbocycles. The molecular weight excluding hydrogens is 1930 g/mol. The first-order chi connectivity index (χ1) is 64.3. The summed E-state index contributed by atoms with van der Waals surface area (Å²) in [6.07, 6.45) is 15.6. The van der Waals surface area contributed by atoms with E-state index in [1.54, 1.807) is 33.8 Å². The number of aryl methyl sites for hydroxylation is 4. The number of nitrogens with one attached hydrogen (secondary N) is 2. The molecular formula is C85H130N8O36S7. The monoisotopic (exact) mass is 2060 g/mol. The van der Waals surface area contributed by atoms with Crippen molar-refractivity contribution in [1.82, 2.24) is 40.6 Å². The van der Waals surface area contributed by atoms with Gasteiger partial charge in [-0.1, -0.05) is 63.8 Å². The summed E-state index contributed by atoms with van der Waals surface area (Å²) in [5.74, 6) is -3.62. The molecule has 6 aromatic rings. The summed E-state index contributed by atoms with van der Waals surface area (Å²) in [4.78, 5) is 53.0. The van der Waals surface area contributed by atoms with Gasteiger partial charge in [-0.15, -0.1) is 10.2 Å². The van der Waals surface area contributed by atoms with Crippen LogP contribution in [0.3, 0.4) is 0 Å². The molecule has 51 heteroatoms. The molecule has 0 bridgehead atoms. The van der Waals surface area contributed by atoms with Crippen molar-refractivity contribution in [2.45, 2.75) is 214 Å². The fourth-order valence-electron chi connectivity index (χ4n) is 12.4. The highest BCUT2D eigenvalue weighted by molar-refractivity contribution is 7.87. The van der Waals surface area contributed by atoms with Crippen molar-refractivity contribution in [3.8, 4) is 63.2 Å². The van der Waals surface area contributed by atoms with E-state index in [9.17, 15) is 96.3 Å². The second-order valence-electron chi connectivity index (χ2n) is 31.5. The number of ether oxygens (including phenoxy) is 11. The average molecular weight is 2060 g/mol. The highest BCUT2D eigenvalue weighted by atomic mass is 32.2. The SMILES string of the molecule is CCCCNC(=O)c1cc(OCCCS(=O)(=O)O)c(OCCCC)c(OCCCS(=O)(=O)O)c1.CCCCOc1cc(C(=O)CCCCn2cc(CCCCOc3cc(OCCCCc4cn(CCCNC(=O)c5cc(OCCCCS(=O)(=O)O)c(OCCCS(=O)(=O)O)c(OCCCS(=O)(=O)O)c5)nn4)cc(C(=O)CCCC)c3)nn2)cc(OCCCS(=O)(=O)O)c1OCCCS(=O)(=O)O. The van der Waals surface area contributed by atoms with Gasteiger partial charge in [0.15, 0.2) is 46.1 Å². The molecule has 2 amide bonds. The quantitative estimate of drug-likeness (QED) is 0.00973. The Kier molecular flexibility index (Phi) is 52.6. The van der Waals surface area contributed by atoms with Crippen LogP contribution >= 0.6 is 0 Å². The number of aromatic nitrogens is 6. The van der Waals surface area contributed by atoms with E-state index in [-0.39, 0.29) is 203 Å². The van der Waals surface area contributed by atoms with Crippen molar-refractivity contribution in [3.05, 3.63) is 101 Å². The Morgan fingerprint density at radius 3 is 0.904 bits per heavy atom. The lowest BCUT2D eigenvalue weighted by Crippen LogP contribution is -2.25. The highest BCUT2D eigenvalue weighted by Gasteiger charge is 2.26. The van der Waals surface area contributed by atoms with Crippen LogP contribution in [0.25, 0.3) is 0 Å². The molecule has 0 radical (unpaired) electrons. The van der Waals surface area contributed by atoms with Crippen molar-refractivity contribution in [1.29, 1.82) is 0 Å². The molecule has 2 aromatic heterocycles. The van der Waals surface area contributed by atoms with E-state index < -0.39 is 117 Å². The molecule has 0 aliphatic heterocycles. The minimum Gasteiger partial charge on any atom is -0.493 e. The third-order valence-electron chi connectivity index (χ3n) is 19.3. The lowest BCUT2D eigenvalue weighted by Gasteiger charge is -2.19. The smallest absolute Gasteiger partial charge is 0.264 e. The van der Waals surface area contributed by atoms with E-state index in [1.165, 1.54) is 36.4 Å². The maximum absolute atomic E-state index is 13.6. The first kappa shape index (κ1) is 117. The van der Waals surface area contributed by atoms with Crippen molar-refractivity contribution in [2.24, 2.45) is 0 Å². The molecule has 136 heavy (non-hydrogen) atoms. The number of nitrogens with zero attached hydrogens (tertiary/aromatic N) is 6. The fourth-order valence-corrected chi connectivity index (χ4v) is 15.9. The number of amides is 2. The molecule has 44 nitrogen and oxygen atoms in total. The summed E-state index contributed by atoms with van der Waals surface area (Å²) < 4.78 is 289. The number of benzene rings is 4. The molecule has 0 unspecified atom stereocenters. The van der Waals surface area contributed by atoms with Gasteiger partial charge in [0.05, 0.1) is 124 Å². The highest BCUT2D eigenvalue weighted by Crippen LogP contribution is 2.43. The Morgan fingerprint density at radius 1 is 0.287 bits per heavy atom. The topological polar surface area (TPSA) is 636 Å². The van der Waals surface area contributed by atoms with Crippen molar-refractivity contribution < 1.29 is 162 Å². The Morgan fingerprint density at radius 2 is 0.559 bits per heavy atom. The van der Waals surface area contributed by atoms with Gasteiger partial charge in [0.25, 0.3) is 82.6 Å². The van der Waals surface area contributed by atoms with Gasteiger partial charge in [-0.3, -0.25) is 60.4 Å². The summed E-state index contributed by atoms with van der Waals surface area (Å²) in [6.45, 7) is 9.59. The molecule has 0 fully saturated rings. The lowest BCUT2D eigenvalue weighted by atomic mass is 10.0. The van der Waals surface area contributed by atoms with Crippen molar-refractivity contribution in [3.63, 3.8) is 0 Å². The molecule has 4 aromatic carbocycles. The number of rotatable bonds is 75. The number of hydrogen-bond acceptors (Lipinski definition) is 33. The zero-order valence-corrected chi connectivity index (χ0v) is 82.7. The van der Waals surface area contributed by atoms with Gasteiger partial charge in [0.1, 0.15) is 11.5 Å². The van der Waals surface area contributed by atoms with Crippen LogP contribution in [0.4, 0.5) is 0 Å². The van der Waals surface area contributed by atoms with Crippen molar-refractivity contribution in [2.75, 3.05) is 126 Å². The van der Waals surface area contributed by atoms with Crippen LogP contribution in [0.5, 0.6) is 63.2 Å². The van der Waals surface area contributed by atoms with Gasteiger partial charge >= 0.3 is 0 Å². The van der Waals surface area contributed by atoms with E-state index in [4.69, 9.17) is 65.8 Å². The third-order valence-corrected chi connectivity index (χ3v) is 24.9. The average Bonchev–Trinajstić information content (AvgIpc) is 0.962. The maximum atomic E-state index is 13.6. The Bertz CT molecular complexity index is 5490. The van der Waals surface area contributed by atoms with Crippen molar-refractivity contribution >= 4 is 94.2 Å². The van der Waals surface area contributed by atoms with E-state index in [0.29, 0.717) is 121 Å². The largest absolute Gasteiger partial charge is 0.493 e. The minimum atomic E-state index is -4.34. The Balaban J connectivity index is 0.000000805. The van der Waals surface area contributed by atoms with Gasteiger partial charge in [0.2, 0.25) is 17.2 Å². The van der Waals surface area contributed by atoms with Crippen LogP contribution in [0, 0.1) is 0 Å². The summed E-state index contributed by atoms with van der Waals surface area (Å²) in [7, 11) is -29.7. The molecule has 0 aliphatic rings. The van der Waals surface area contributed by atoms with Gasteiger partial charge in [-0.25, -0.2) is 0 Å². The molecule has 0 saturated carbocycles. The van der Waals surface area contributed by atoms with E-state index in [1.807, 2.05) is 33.9 Å². The summed E-state index contributed by atoms with van der Waals surface area (Å²) in [5, 5.41) is 22.7. The Labute approximate surface area is 796 Å². The Hall–Kier alpha value is -9.39. The molecule has 6 rings (SSSR count). The van der Waals surface area contributed by atoms with Crippen LogP contribution in [-0.4, -0.2) is 270 Å². The summed E-state index contributed by atoms with van der Waals surface area (Å²) in [6, 6.07) is 13.7. The molecule has 0 atom stereocenters. The predicted octanol–water partition coefficient (Wildman–Crippen LogP) is 10.5. The minimum absolute atomic E-state index is 0.00467. The third kappa shape index (κ3) is 52.4. The summed E-state index contributed by atoms with van der Waals surface area (Å²) >= 11 is 0. The predicted molar refractivity (Wildman–Crippen MR) is 500 cm³/mol. The first-order valence-electron chi connectivity index (χ1n) is 45.0. The number of Topliss-reactive ketones (excluding diaryl/α,β-unsaturated/α-hetero) is 2. The van der Waals surface area contributed by atoms with Crippen LogP contribution in [-0.2, 0) is 96.8 Å². The van der Waals surface area contributed by atoms with Gasteiger partial charge in [0, 0.05) is 79.7 Å². The molecule has 0 saturated heterocycles. The fraction of sp³-hybridized carbons (Fsp3) is 0.624. The zero-order chi connectivity index (χ0) is 100. The first-order valence-corrected chi connectivity index (χ1v) is 56.3. The number of carbonyl (C=O) groups is 4. The normalized spacial score (nSPS) is 12.0. The van der Waals surface area contributed by atoms with E-state index in [2.05, 4.69) is 31.3 Å². The van der Waals surface area contributed by atoms with Gasteiger partial charge in [-0.05, 0) is 183 Å². The number of unbranched alkanes of at least 4 members (excludes halogenated alkanes) is 8. The van der Waals surface area contributed by atoms with Gasteiger partial charge < -0.3 is 62.7 Å². The van der Waals surface area contributed by atoms with Gasteiger partial charge in [-0.2, -0.15) is 58.9 Å². The van der Waals surface area contributed by atoms with E-state index in [0.717, 1.165) is 62.8 Å². The number of carbonyl (C=O) groups excluding carboxylic acids is 4. The van der Waals surface area contributed by atoms with Crippen LogP contribution in [0.15, 0.2) is 67.0 Å². The lowest BCUT2D eigenvalue weighted by molar-refractivity contribution is 0.0943. The zero-order valence-electron chi connectivity index (χ0n) is 77.0. The standard InChI is InChI=1S/C64H95N7O26S5.C21H35NO10S2/c1-3-5-22-56(72)49-40-54(90-28-11-8-20-52-47-70(68-66-52)25-10-7-23-57(73)50-42-58(92-27-6-4-2)62(96-33-18-38-101(84,85)86)59(43-50)94-31-16-36-99(78,79)80)46-55(41-49)91-29-12-9-21-53-48-71(69-67-53)26-15-24-65-64(74)51-44-60(93-30-13-14-35-98(75,76)77)63(97-34-19-39-102(87,88)89)61(45-51)95-32-17-37-100(81,82)83;1-3-5-9-22-21(23)17-15-18(30-11-7-13-33(24,25)26)20(32-10-6-4-2)19(16-17)31-12-8-14-34(27,28)29/h40-48H,3-39H2,1-2H3,(H,65,74)(H,75,76,77)(H,78,79,80)(H,81,82,83)(H,84,85,86)(H,87,88,89);15-16H,3-14H2,1-2H3,(H,22,23)(H,24,25,26)(H,27,28,29). The molecule has 0 spiro atoms. The molecule has 2 heterocycles. The summed E-state index contributed by atoms with van der Waals surface area (Å²) in [5.41, 5.74) is 2.48.